The van der Waals surface area contributed by atoms with Gasteiger partial charge in [-0.15, -0.1) is 0 Å². The fourth-order valence-corrected chi connectivity index (χ4v) is 4.60. The third kappa shape index (κ3) is 4.05. The lowest BCUT2D eigenvalue weighted by atomic mass is 10.0. The van der Waals surface area contributed by atoms with Crippen molar-refractivity contribution in [3.05, 3.63) is 65.7 Å². The average Bonchev–Trinajstić information content (AvgIpc) is 3.36. The zero-order valence-electron chi connectivity index (χ0n) is 16.8. The minimum absolute atomic E-state index is 0.0544. The summed E-state index contributed by atoms with van der Waals surface area (Å²) in [6.07, 6.45) is 4.70. The molecule has 0 bridgehead atoms. The molecule has 1 atom stereocenters. The van der Waals surface area contributed by atoms with E-state index in [-0.39, 0.29) is 23.9 Å². The van der Waals surface area contributed by atoms with Gasteiger partial charge in [0.2, 0.25) is 5.91 Å². The number of likely N-dealkylation sites (tertiary alicyclic amines) is 1. The number of benzene rings is 2. The van der Waals surface area contributed by atoms with Gasteiger partial charge in [0.25, 0.3) is 0 Å². The summed E-state index contributed by atoms with van der Waals surface area (Å²) in [6.45, 7) is 2.68. The van der Waals surface area contributed by atoms with Crippen LogP contribution in [0.1, 0.15) is 24.0 Å². The van der Waals surface area contributed by atoms with E-state index in [9.17, 15) is 9.18 Å². The highest BCUT2D eigenvalue weighted by Gasteiger charge is 2.28. The van der Waals surface area contributed by atoms with Gasteiger partial charge in [-0.05, 0) is 48.7 Å². The van der Waals surface area contributed by atoms with Crippen LogP contribution in [0.4, 0.5) is 4.39 Å². The van der Waals surface area contributed by atoms with Crippen molar-refractivity contribution >= 4 is 16.9 Å². The van der Waals surface area contributed by atoms with Crippen LogP contribution in [0.5, 0.6) is 5.75 Å². The number of ether oxygens (including phenoxy) is 1. The van der Waals surface area contributed by atoms with Crippen LogP contribution >= 0.6 is 0 Å². The molecule has 1 aromatic heterocycles. The normalized spacial score (nSPS) is 19.6. The van der Waals surface area contributed by atoms with E-state index in [1.165, 1.54) is 6.07 Å². The number of rotatable bonds is 5. The Hall–Kier alpha value is -2.86. The number of furan rings is 1. The van der Waals surface area contributed by atoms with Crippen molar-refractivity contribution in [2.45, 2.75) is 37.8 Å². The summed E-state index contributed by atoms with van der Waals surface area (Å²) >= 11 is 0. The zero-order chi connectivity index (χ0) is 20.5. The monoisotopic (exact) mass is 408 g/mol. The summed E-state index contributed by atoms with van der Waals surface area (Å²) in [7, 11) is 0. The predicted octanol–water partition coefficient (Wildman–Crippen LogP) is 3.70. The van der Waals surface area contributed by atoms with Gasteiger partial charge in [-0.1, -0.05) is 12.1 Å². The second kappa shape index (κ2) is 8.11. The Labute approximate surface area is 174 Å². The topological polar surface area (TPSA) is 54.7 Å². The van der Waals surface area contributed by atoms with E-state index < -0.39 is 0 Å². The van der Waals surface area contributed by atoms with Crippen molar-refractivity contribution in [3.63, 3.8) is 0 Å². The van der Waals surface area contributed by atoms with E-state index in [2.05, 4.69) is 10.2 Å². The molecular formula is C24H25FN2O3. The Morgan fingerprint density at radius 1 is 1.17 bits per heavy atom. The van der Waals surface area contributed by atoms with Crippen molar-refractivity contribution < 1.29 is 18.3 Å². The van der Waals surface area contributed by atoms with E-state index in [1.807, 2.05) is 24.3 Å². The molecule has 0 spiro atoms. The molecule has 2 aliphatic heterocycles. The number of halogens is 1. The van der Waals surface area contributed by atoms with Crippen LogP contribution in [0.2, 0.25) is 0 Å². The molecular weight excluding hydrogens is 383 g/mol. The highest BCUT2D eigenvalue weighted by atomic mass is 19.1. The Kier molecular flexibility index (Phi) is 5.17. The lowest BCUT2D eigenvalue weighted by molar-refractivity contribution is -0.121. The molecule has 1 N–H and O–H groups in total. The highest BCUT2D eigenvalue weighted by molar-refractivity contribution is 5.87. The van der Waals surface area contributed by atoms with Crippen molar-refractivity contribution in [1.82, 2.24) is 10.2 Å². The van der Waals surface area contributed by atoms with Crippen LogP contribution in [0.15, 0.2) is 53.1 Å². The Bertz CT molecular complexity index is 1060. The number of piperidine rings is 1. The average molecular weight is 408 g/mol. The number of amides is 1. The molecule has 5 rings (SSSR count). The number of carbonyl (C=O) groups excluding carboxylic acids is 1. The minimum Gasteiger partial charge on any atom is -0.488 e. The van der Waals surface area contributed by atoms with Crippen LogP contribution in [-0.2, 0) is 17.6 Å². The molecule has 0 radical (unpaired) electrons. The lowest BCUT2D eigenvalue weighted by Gasteiger charge is -2.33. The van der Waals surface area contributed by atoms with Crippen molar-refractivity contribution in [3.8, 4) is 5.75 Å². The molecule has 0 aliphatic carbocycles. The van der Waals surface area contributed by atoms with Gasteiger partial charge in [0, 0.05) is 43.0 Å². The van der Waals surface area contributed by atoms with Gasteiger partial charge in [0.05, 0.1) is 12.7 Å². The largest absolute Gasteiger partial charge is 0.488 e. The van der Waals surface area contributed by atoms with E-state index in [0.29, 0.717) is 6.42 Å². The Balaban J connectivity index is 1.09. The van der Waals surface area contributed by atoms with Crippen LogP contribution in [0.3, 0.4) is 0 Å². The first-order chi connectivity index (χ1) is 14.6. The molecule has 1 amide bonds. The summed E-state index contributed by atoms with van der Waals surface area (Å²) in [5.41, 5.74) is 2.76. The second-order valence-corrected chi connectivity index (χ2v) is 8.26. The van der Waals surface area contributed by atoms with Gasteiger partial charge in [-0.2, -0.15) is 0 Å². The molecule has 1 unspecified atom stereocenters. The van der Waals surface area contributed by atoms with E-state index in [0.717, 1.165) is 66.7 Å². The molecule has 3 aromatic rings. The summed E-state index contributed by atoms with van der Waals surface area (Å²) in [6, 6.07) is 12.7. The Morgan fingerprint density at radius 2 is 2.03 bits per heavy atom. The highest BCUT2D eigenvalue weighted by Crippen LogP contribution is 2.30. The van der Waals surface area contributed by atoms with E-state index in [4.69, 9.17) is 9.15 Å². The molecule has 2 aliphatic rings. The first-order valence-electron chi connectivity index (χ1n) is 10.6. The van der Waals surface area contributed by atoms with Crippen LogP contribution in [0, 0.1) is 5.82 Å². The van der Waals surface area contributed by atoms with Gasteiger partial charge in [-0.25, -0.2) is 4.39 Å². The standard InChI is InChI=1S/C24H25FN2O3/c25-18-4-5-22-17(12-18)13-20(30-22)15-27-9-6-19(7-10-27)26-24(28)14-16-2-1-3-23-21(16)8-11-29-23/h1-5,8,11-12,19-20H,6-7,9-10,13-15H2,(H,26,28). The first-order valence-corrected chi connectivity index (χ1v) is 10.6. The Morgan fingerprint density at radius 3 is 2.90 bits per heavy atom. The predicted molar refractivity (Wildman–Crippen MR) is 112 cm³/mol. The molecule has 0 saturated carbocycles. The van der Waals surface area contributed by atoms with Gasteiger partial charge in [0.1, 0.15) is 23.3 Å². The van der Waals surface area contributed by atoms with Gasteiger partial charge < -0.3 is 14.5 Å². The third-order valence-corrected chi connectivity index (χ3v) is 6.12. The molecule has 6 heteroatoms. The molecule has 5 nitrogen and oxygen atoms in total. The van der Waals surface area contributed by atoms with Crippen LogP contribution < -0.4 is 10.1 Å². The summed E-state index contributed by atoms with van der Waals surface area (Å²) < 4.78 is 24.8. The number of nitrogens with zero attached hydrogens (tertiary/aromatic N) is 1. The van der Waals surface area contributed by atoms with Crippen molar-refractivity contribution in [2.75, 3.05) is 19.6 Å². The number of hydrogen-bond donors (Lipinski definition) is 1. The summed E-state index contributed by atoms with van der Waals surface area (Å²) in [5.74, 6) is 0.647. The number of carbonyl (C=O) groups is 1. The number of fused-ring (bicyclic) bond motifs is 2. The molecule has 1 fully saturated rings. The van der Waals surface area contributed by atoms with Gasteiger partial charge in [-0.3, -0.25) is 9.69 Å². The van der Waals surface area contributed by atoms with E-state index >= 15 is 0 Å². The maximum atomic E-state index is 13.4. The molecule has 3 heterocycles. The SMILES string of the molecule is O=C(Cc1cccc2occc12)NC1CCN(CC2Cc3cc(F)ccc3O2)CC1. The fourth-order valence-electron chi connectivity index (χ4n) is 4.60. The van der Waals surface area contributed by atoms with Gasteiger partial charge >= 0.3 is 0 Å². The first kappa shape index (κ1) is 19.1. The number of hydrogen-bond acceptors (Lipinski definition) is 4. The van der Waals surface area contributed by atoms with E-state index in [1.54, 1.807) is 18.4 Å². The maximum absolute atomic E-state index is 13.4. The summed E-state index contributed by atoms with van der Waals surface area (Å²) in [5, 5.41) is 4.19. The summed E-state index contributed by atoms with van der Waals surface area (Å²) in [4.78, 5) is 14.9. The second-order valence-electron chi connectivity index (χ2n) is 8.26. The molecule has 156 valence electrons. The van der Waals surface area contributed by atoms with Crippen LogP contribution in [0.25, 0.3) is 11.0 Å². The fraction of sp³-hybridized carbons (Fsp3) is 0.375. The minimum atomic E-state index is -0.210. The van der Waals surface area contributed by atoms with Gasteiger partial charge in [0.15, 0.2) is 0 Å². The zero-order valence-corrected chi connectivity index (χ0v) is 16.8. The quantitative estimate of drug-likeness (QED) is 0.700. The van der Waals surface area contributed by atoms with Crippen LogP contribution in [-0.4, -0.2) is 42.6 Å². The smallest absolute Gasteiger partial charge is 0.224 e. The molecule has 2 aromatic carbocycles. The lowest BCUT2D eigenvalue weighted by Crippen LogP contribution is -2.47. The third-order valence-electron chi connectivity index (χ3n) is 6.12. The number of nitrogens with one attached hydrogen (secondary N) is 1. The molecule has 1 saturated heterocycles. The maximum Gasteiger partial charge on any atom is 0.224 e. The van der Waals surface area contributed by atoms with Crippen molar-refractivity contribution in [1.29, 1.82) is 0 Å². The molecule has 30 heavy (non-hydrogen) atoms. The van der Waals surface area contributed by atoms with Crippen molar-refractivity contribution in [2.24, 2.45) is 0 Å².